The van der Waals surface area contributed by atoms with Gasteiger partial charge in [0.15, 0.2) is 0 Å². The molecular weight excluding hydrogens is 284 g/mol. The minimum absolute atomic E-state index is 0.374. The van der Waals surface area contributed by atoms with Crippen molar-refractivity contribution in [2.45, 2.75) is 32.6 Å². The van der Waals surface area contributed by atoms with Crippen LogP contribution in [0.25, 0.3) is 0 Å². The smallest absolute Gasteiger partial charge is 0.264 e. The number of aryl methyl sites for hydroxylation is 3. The van der Waals surface area contributed by atoms with Crippen molar-refractivity contribution in [3.05, 3.63) is 53.3 Å². The van der Waals surface area contributed by atoms with Gasteiger partial charge in [0.05, 0.1) is 10.6 Å². The molecule has 112 valence electrons. The van der Waals surface area contributed by atoms with E-state index in [-0.39, 0.29) is 0 Å². The Labute approximate surface area is 126 Å². The van der Waals surface area contributed by atoms with Crippen LogP contribution in [0.4, 0.5) is 5.69 Å². The van der Waals surface area contributed by atoms with Crippen molar-refractivity contribution >= 4 is 15.7 Å². The highest BCUT2D eigenvalue weighted by Crippen LogP contribution is 2.28. The van der Waals surface area contributed by atoms with Crippen LogP contribution in [0.2, 0.25) is 0 Å². The Morgan fingerprint density at radius 3 is 2.05 bits per heavy atom. The van der Waals surface area contributed by atoms with E-state index in [0.29, 0.717) is 17.1 Å². The fourth-order valence-electron chi connectivity index (χ4n) is 2.69. The number of pyridine rings is 1. The fraction of sp³-hybridized carbons (Fsp3) is 0.312. The van der Waals surface area contributed by atoms with Gasteiger partial charge in [0.25, 0.3) is 10.0 Å². The van der Waals surface area contributed by atoms with Crippen LogP contribution in [0.1, 0.15) is 23.6 Å². The topological polar surface area (TPSA) is 50.3 Å². The monoisotopic (exact) mass is 304 g/mol. The summed E-state index contributed by atoms with van der Waals surface area (Å²) in [6.07, 6.45) is 3.20. The summed E-state index contributed by atoms with van der Waals surface area (Å²) in [6.45, 7) is 7.85. The molecule has 1 aromatic heterocycles. The quantitative estimate of drug-likeness (QED) is 0.871. The van der Waals surface area contributed by atoms with Crippen molar-refractivity contribution in [2.75, 3.05) is 10.8 Å². The Bertz CT molecular complexity index is 717. The predicted octanol–water partition coefficient (Wildman–Crippen LogP) is 3.22. The lowest BCUT2D eigenvalue weighted by Gasteiger charge is -2.25. The van der Waals surface area contributed by atoms with Gasteiger partial charge in [0, 0.05) is 18.9 Å². The van der Waals surface area contributed by atoms with Crippen LogP contribution in [-0.4, -0.2) is 19.9 Å². The molecule has 0 radical (unpaired) electrons. The molecule has 1 aromatic carbocycles. The number of nitrogens with zero attached hydrogens (tertiary/aromatic N) is 2. The third-order valence-corrected chi connectivity index (χ3v) is 5.60. The summed E-state index contributed by atoms with van der Waals surface area (Å²) in [5.41, 5.74) is 3.25. The zero-order chi connectivity index (χ0) is 15.6. The van der Waals surface area contributed by atoms with E-state index in [2.05, 4.69) is 4.98 Å². The molecule has 0 atom stereocenters. The summed E-state index contributed by atoms with van der Waals surface area (Å²) in [5, 5.41) is 0. The SMILES string of the molecule is CCN(c1ccncc1)S(=O)(=O)c1c(C)cc(C)cc1C. The first kappa shape index (κ1) is 15.5. The number of hydrogen-bond donors (Lipinski definition) is 0. The second-order valence-corrected chi connectivity index (χ2v) is 6.90. The van der Waals surface area contributed by atoms with Crippen LogP contribution in [0.3, 0.4) is 0 Å². The minimum Gasteiger partial charge on any atom is -0.266 e. The van der Waals surface area contributed by atoms with Crippen LogP contribution in [0.5, 0.6) is 0 Å². The lowest BCUT2D eigenvalue weighted by Crippen LogP contribution is -2.31. The molecule has 2 aromatic rings. The highest BCUT2D eigenvalue weighted by Gasteiger charge is 2.27. The van der Waals surface area contributed by atoms with E-state index in [1.807, 2.05) is 39.8 Å². The zero-order valence-electron chi connectivity index (χ0n) is 12.8. The fourth-order valence-corrected chi connectivity index (χ4v) is 4.58. The van der Waals surface area contributed by atoms with Crippen molar-refractivity contribution in [3.8, 4) is 0 Å². The average Bonchev–Trinajstić information content (AvgIpc) is 2.38. The Morgan fingerprint density at radius 2 is 1.57 bits per heavy atom. The van der Waals surface area contributed by atoms with Gasteiger partial charge in [0.2, 0.25) is 0 Å². The summed E-state index contributed by atoms with van der Waals surface area (Å²) in [5.74, 6) is 0. The number of aromatic nitrogens is 1. The molecule has 0 unspecified atom stereocenters. The number of sulfonamides is 1. The Hall–Kier alpha value is -1.88. The molecule has 0 saturated heterocycles. The van der Waals surface area contributed by atoms with E-state index in [9.17, 15) is 8.42 Å². The van der Waals surface area contributed by atoms with Crippen LogP contribution in [-0.2, 0) is 10.0 Å². The maximum absolute atomic E-state index is 13.0. The third kappa shape index (κ3) is 2.93. The lowest BCUT2D eigenvalue weighted by atomic mass is 10.1. The zero-order valence-corrected chi connectivity index (χ0v) is 13.6. The highest BCUT2D eigenvalue weighted by atomic mass is 32.2. The Morgan fingerprint density at radius 1 is 1.05 bits per heavy atom. The molecule has 0 aliphatic carbocycles. The van der Waals surface area contributed by atoms with Crippen LogP contribution in [0, 0.1) is 20.8 Å². The van der Waals surface area contributed by atoms with Gasteiger partial charge in [-0.05, 0) is 51.0 Å². The number of hydrogen-bond acceptors (Lipinski definition) is 3. The van der Waals surface area contributed by atoms with Crippen molar-refractivity contribution < 1.29 is 8.42 Å². The van der Waals surface area contributed by atoms with Crippen LogP contribution >= 0.6 is 0 Å². The molecule has 0 aliphatic heterocycles. The largest absolute Gasteiger partial charge is 0.266 e. The van der Waals surface area contributed by atoms with Crippen LogP contribution < -0.4 is 4.31 Å². The number of anilines is 1. The second kappa shape index (κ2) is 5.85. The average molecular weight is 304 g/mol. The van der Waals surface area contributed by atoms with Crippen molar-refractivity contribution in [1.29, 1.82) is 0 Å². The summed E-state index contributed by atoms with van der Waals surface area (Å²) in [6, 6.07) is 7.22. The first-order valence-corrected chi connectivity index (χ1v) is 8.32. The summed E-state index contributed by atoms with van der Waals surface area (Å²) < 4.78 is 27.5. The summed E-state index contributed by atoms with van der Waals surface area (Å²) in [4.78, 5) is 4.34. The first-order valence-electron chi connectivity index (χ1n) is 6.88. The molecule has 4 nitrogen and oxygen atoms in total. The van der Waals surface area contributed by atoms with Gasteiger partial charge in [-0.2, -0.15) is 0 Å². The van der Waals surface area contributed by atoms with E-state index in [4.69, 9.17) is 0 Å². The Balaban J connectivity index is 2.61. The van der Waals surface area contributed by atoms with Gasteiger partial charge >= 0.3 is 0 Å². The number of rotatable bonds is 4. The van der Waals surface area contributed by atoms with Gasteiger partial charge in [-0.3, -0.25) is 9.29 Å². The predicted molar refractivity (Wildman–Crippen MR) is 85.1 cm³/mol. The maximum atomic E-state index is 13.0. The van der Waals surface area contributed by atoms with Crippen molar-refractivity contribution in [1.82, 2.24) is 4.98 Å². The molecule has 0 bridgehead atoms. The molecule has 21 heavy (non-hydrogen) atoms. The molecule has 0 spiro atoms. The Kier molecular flexibility index (Phi) is 4.32. The van der Waals surface area contributed by atoms with Crippen LogP contribution in [0.15, 0.2) is 41.6 Å². The summed E-state index contributed by atoms with van der Waals surface area (Å²) in [7, 11) is -3.58. The molecule has 1 heterocycles. The first-order chi connectivity index (χ1) is 9.87. The van der Waals surface area contributed by atoms with Gasteiger partial charge < -0.3 is 0 Å². The van der Waals surface area contributed by atoms with Gasteiger partial charge in [-0.1, -0.05) is 17.7 Å². The van der Waals surface area contributed by atoms with E-state index in [0.717, 1.165) is 16.7 Å². The van der Waals surface area contributed by atoms with E-state index in [1.54, 1.807) is 24.5 Å². The normalized spacial score (nSPS) is 11.4. The number of benzene rings is 1. The second-order valence-electron chi connectivity index (χ2n) is 5.10. The summed E-state index contributed by atoms with van der Waals surface area (Å²) >= 11 is 0. The van der Waals surface area contributed by atoms with E-state index in [1.165, 1.54) is 4.31 Å². The van der Waals surface area contributed by atoms with Gasteiger partial charge in [0.1, 0.15) is 0 Å². The molecule has 0 amide bonds. The van der Waals surface area contributed by atoms with Gasteiger partial charge in [-0.25, -0.2) is 8.42 Å². The highest BCUT2D eigenvalue weighted by molar-refractivity contribution is 7.93. The molecule has 2 rings (SSSR count). The van der Waals surface area contributed by atoms with Crippen molar-refractivity contribution in [3.63, 3.8) is 0 Å². The van der Waals surface area contributed by atoms with E-state index >= 15 is 0 Å². The van der Waals surface area contributed by atoms with E-state index < -0.39 is 10.0 Å². The molecule has 0 N–H and O–H groups in total. The van der Waals surface area contributed by atoms with Gasteiger partial charge in [-0.15, -0.1) is 0 Å². The maximum Gasteiger partial charge on any atom is 0.264 e. The lowest BCUT2D eigenvalue weighted by molar-refractivity contribution is 0.590. The molecule has 0 fully saturated rings. The molecule has 5 heteroatoms. The van der Waals surface area contributed by atoms with Crippen molar-refractivity contribution in [2.24, 2.45) is 0 Å². The molecule has 0 aliphatic rings. The molecule has 0 saturated carbocycles. The third-order valence-electron chi connectivity index (χ3n) is 3.39. The minimum atomic E-state index is -3.58. The molecular formula is C16H20N2O2S. The standard InChI is InChI=1S/C16H20N2O2S/c1-5-18(15-6-8-17-9-7-15)21(19,20)16-13(3)10-12(2)11-14(16)4/h6-11H,5H2,1-4H3.